The van der Waals surface area contributed by atoms with Gasteiger partial charge in [-0.2, -0.15) is 0 Å². The number of para-hydroxylation sites is 1. The van der Waals surface area contributed by atoms with Gasteiger partial charge in [0.25, 0.3) is 0 Å². The number of aryl methyl sites for hydroxylation is 2. The molecule has 22 heavy (non-hydrogen) atoms. The van der Waals surface area contributed by atoms with Crippen LogP contribution in [0.4, 0.5) is 11.4 Å². The number of hydrogen-bond acceptors (Lipinski definition) is 2. The minimum atomic E-state index is 0.572. The zero-order valence-corrected chi connectivity index (χ0v) is 14.8. The van der Waals surface area contributed by atoms with Crippen molar-refractivity contribution in [1.82, 2.24) is 0 Å². The van der Waals surface area contributed by atoms with Gasteiger partial charge >= 0.3 is 0 Å². The molecule has 0 bridgehead atoms. The Labute approximate surface area is 138 Å². The highest BCUT2D eigenvalue weighted by atomic mass is 32.2. The van der Waals surface area contributed by atoms with E-state index in [0.29, 0.717) is 5.92 Å². The fourth-order valence-electron chi connectivity index (χ4n) is 3.57. The third kappa shape index (κ3) is 2.54. The Balaban J connectivity index is 2.26. The van der Waals surface area contributed by atoms with E-state index in [4.69, 9.17) is 0 Å². The number of anilines is 2. The fraction of sp³-hybridized carbons (Fsp3) is 0.400. The highest BCUT2D eigenvalue weighted by Crippen LogP contribution is 2.44. The summed E-state index contributed by atoms with van der Waals surface area (Å²) < 4.78 is 2.46. The quantitative estimate of drug-likeness (QED) is 0.650. The molecular formula is C20H25NS. The van der Waals surface area contributed by atoms with E-state index in [-0.39, 0.29) is 0 Å². The second-order valence-corrected chi connectivity index (χ2v) is 6.99. The van der Waals surface area contributed by atoms with Gasteiger partial charge in [0, 0.05) is 6.26 Å². The van der Waals surface area contributed by atoms with Crippen molar-refractivity contribution in [2.75, 3.05) is 10.6 Å². The second-order valence-electron chi connectivity index (χ2n) is 6.25. The molecule has 0 unspecified atom stereocenters. The van der Waals surface area contributed by atoms with Gasteiger partial charge in [0.05, 0.1) is 11.4 Å². The Morgan fingerprint density at radius 1 is 1.05 bits per heavy atom. The largest absolute Gasteiger partial charge is 0.284 e. The molecule has 1 aliphatic heterocycles. The van der Waals surface area contributed by atoms with Crippen LogP contribution in [-0.4, -0.2) is 6.26 Å². The molecule has 1 aliphatic rings. The molecule has 2 aromatic rings. The Morgan fingerprint density at radius 2 is 1.77 bits per heavy atom. The van der Waals surface area contributed by atoms with Crippen molar-refractivity contribution in [2.45, 2.75) is 46.0 Å². The molecule has 2 heteroatoms. The van der Waals surface area contributed by atoms with Crippen molar-refractivity contribution < 1.29 is 0 Å². The van der Waals surface area contributed by atoms with Gasteiger partial charge in [0.1, 0.15) is 0 Å². The normalized spacial score (nSPS) is 13.8. The van der Waals surface area contributed by atoms with Crippen LogP contribution >= 0.6 is 11.9 Å². The fourth-order valence-corrected chi connectivity index (χ4v) is 4.35. The van der Waals surface area contributed by atoms with Crippen molar-refractivity contribution in [2.24, 2.45) is 0 Å². The van der Waals surface area contributed by atoms with Crippen LogP contribution < -0.4 is 4.31 Å². The Bertz CT molecular complexity index is 675. The first-order chi connectivity index (χ1) is 10.7. The highest BCUT2D eigenvalue weighted by molar-refractivity contribution is 8.00. The molecule has 1 nitrogen and oxygen atoms in total. The molecule has 116 valence electrons. The minimum absolute atomic E-state index is 0.572. The molecular weight excluding hydrogens is 286 g/mol. The van der Waals surface area contributed by atoms with Crippen LogP contribution in [0.2, 0.25) is 0 Å². The van der Waals surface area contributed by atoms with Gasteiger partial charge in [0.2, 0.25) is 0 Å². The maximum absolute atomic E-state index is 2.46. The lowest BCUT2D eigenvalue weighted by Crippen LogP contribution is -2.12. The van der Waals surface area contributed by atoms with Crippen molar-refractivity contribution in [3.8, 4) is 0 Å². The van der Waals surface area contributed by atoms with Crippen molar-refractivity contribution in [3.05, 3.63) is 58.7 Å². The maximum Gasteiger partial charge on any atom is 0.0592 e. The summed E-state index contributed by atoms with van der Waals surface area (Å²) in [7, 11) is 0. The summed E-state index contributed by atoms with van der Waals surface area (Å²) in [6, 6.07) is 13.6. The van der Waals surface area contributed by atoms with E-state index in [9.17, 15) is 0 Å². The summed E-state index contributed by atoms with van der Waals surface area (Å²) in [5.41, 5.74) is 8.79. The number of rotatable bonds is 3. The zero-order chi connectivity index (χ0) is 15.7. The van der Waals surface area contributed by atoms with Crippen LogP contribution in [-0.2, 0) is 19.3 Å². The van der Waals surface area contributed by atoms with Gasteiger partial charge in [-0.25, -0.2) is 0 Å². The van der Waals surface area contributed by atoms with E-state index >= 15 is 0 Å². The third-order valence-electron chi connectivity index (χ3n) is 4.64. The number of hydrogen-bond donors (Lipinski definition) is 0. The van der Waals surface area contributed by atoms with E-state index in [1.165, 1.54) is 33.6 Å². The van der Waals surface area contributed by atoms with Crippen LogP contribution in [0, 0.1) is 0 Å². The Kier molecular flexibility index (Phi) is 4.49. The lowest BCUT2D eigenvalue weighted by molar-refractivity contribution is 0.841. The monoisotopic (exact) mass is 311 g/mol. The van der Waals surface area contributed by atoms with Crippen LogP contribution in [0.1, 0.15) is 48.9 Å². The second kappa shape index (κ2) is 6.37. The van der Waals surface area contributed by atoms with Crippen LogP contribution in [0.5, 0.6) is 0 Å². The molecule has 1 heterocycles. The molecule has 0 saturated heterocycles. The number of fused-ring (bicyclic) bond motifs is 2. The van der Waals surface area contributed by atoms with Crippen molar-refractivity contribution in [1.29, 1.82) is 0 Å². The van der Waals surface area contributed by atoms with Gasteiger partial charge in [-0.15, -0.1) is 0 Å². The average Bonchev–Trinajstić information content (AvgIpc) is 2.70. The summed E-state index contributed by atoms with van der Waals surface area (Å²) in [5, 5.41) is 0. The minimum Gasteiger partial charge on any atom is -0.284 e. The first-order valence-electron chi connectivity index (χ1n) is 8.24. The van der Waals surface area contributed by atoms with Crippen molar-refractivity contribution >= 4 is 23.3 Å². The summed E-state index contributed by atoms with van der Waals surface area (Å²) in [4.78, 5) is 0. The Hall–Kier alpha value is -1.41. The molecule has 0 radical (unpaired) electrons. The van der Waals surface area contributed by atoms with Gasteiger partial charge in [-0.3, -0.25) is 4.31 Å². The summed E-state index contributed by atoms with van der Waals surface area (Å²) >= 11 is 1.83. The molecule has 0 saturated carbocycles. The first-order valence-corrected chi connectivity index (χ1v) is 9.42. The molecule has 0 N–H and O–H groups in total. The van der Waals surface area contributed by atoms with Crippen LogP contribution in [0.25, 0.3) is 0 Å². The van der Waals surface area contributed by atoms with E-state index in [1.807, 2.05) is 11.9 Å². The number of nitrogens with zero attached hydrogens (tertiary/aromatic N) is 1. The van der Waals surface area contributed by atoms with E-state index in [0.717, 1.165) is 19.3 Å². The SMILES string of the molecule is CCc1c(C(C)C)ccc2c1N(SC)c1ccccc1CC2. The van der Waals surface area contributed by atoms with E-state index in [2.05, 4.69) is 67.7 Å². The van der Waals surface area contributed by atoms with E-state index < -0.39 is 0 Å². The van der Waals surface area contributed by atoms with Crippen molar-refractivity contribution in [3.63, 3.8) is 0 Å². The smallest absolute Gasteiger partial charge is 0.0592 e. The number of benzene rings is 2. The summed E-state index contributed by atoms with van der Waals surface area (Å²) in [6.07, 6.45) is 5.54. The predicted octanol–water partition coefficient (Wildman–Crippen LogP) is 5.89. The molecule has 0 fully saturated rings. The predicted molar refractivity (Wildman–Crippen MR) is 99.4 cm³/mol. The molecule has 2 aromatic carbocycles. The highest BCUT2D eigenvalue weighted by Gasteiger charge is 2.24. The molecule has 0 aliphatic carbocycles. The van der Waals surface area contributed by atoms with E-state index in [1.54, 1.807) is 0 Å². The van der Waals surface area contributed by atoms with Gasteiger partial charge in [0.15, 0.2) is 0 Å². The molecule has 3 rings (SSSR count). The maximum atomic E-state index is 2.46. The Morgan fingerprint density at radius 3 is 2.45 bits per heavy atom. The molecule has 0 aromatic heterocycles. The average molecular weight is 311 g/mol. The lowest BCUT2D eigenvalue weighted by atomic mass is 9.91. The third-order valence-corrected chi connectivity index (χ3v) is 5.38. The molecule has 0 amide bonds. The van der Waals surface area contributed by atoms with Crippen LogP contribution in [0.3, 0.4) is 0 Å². The topological polar surface area (TPSA) is 3.24 Å². The molecule has 0 atom stereocenters. The zero-order valence-electron chi connectivity index (χ0n) is 14.0. The van der Waals surface area contributed by atoms with Gasteiger partial charge in [-0.05, 0) is 65.4 Å². The summed E-state index contributed by atoms with van der Waals surface area (Å²) in [6.45, 7) is 6.89. The summed E-state index contributed by atoms with van der Waals surface area (Å²) in [5.74, 6) is 0.572. The van der Waals surface area contributed by atoms with Gasteiger partial charge in [-0.1, -0.05) is 51.1 Å². The standard InChI is InChI=1S/C20H25NS/c1-5-17-18(14(2)3)13-12-16-11-10-15-8-6-7-9-19(15)21(22-4)20(16)17/h6-9,12-14H,5,10-11H2,1-4H3. The van der Waals surface area contributed by atoms with Gasteiger partial charge < -0.3 is 0 Å². The first kappa shape index (κ1) is 15.5. The lowest BCUT2D eigenvalue weighted by Gasteiger charge is -2.28. The molecule has 0 spiro atoms. The van der Waals surface area contributed by atoms with Crippen LogP contribution in [0.15, 0.2) is 36.4 Å².